The van der Waals surface area contributed by atoms with Crippen LogP contribution in [0.3, 0.4) is 0 Å². The smallest absolute Gasteiger partial charge is 0.338 e. The van der Waals surface area contributed by atoms with E-state index in [1.807, 2.05) is 45.0 Å². The van der Waals surface area contributed by atoms with E-state index in [0.717, 1.165) is 0 Å². The van der Waals surface area contributed by atoms with Crippen LogP contribution in [-0.4, -0.2) is 36.5 Å². The number of aromatic nitrogens is 1. The molecule has 214 valence electrons. The Balaban J connectivity index is 1.94. The maximum Gasteiger partial charge on any atom is 0.338 e. The highest BCUT2D eigenvalue weighted by molar-refractivity contribution is 7.07. The predicted octanol–water partition coefficient (Wildman–Crippen LogP) is 4.65. The number of esters is 1. The van der Waals surface area contributed by atoms with Gasteiger partial charge < -0.3 is 18.9 Å². The minimum atomic E-state index is -0.801. The highest BCUT2D eigenvalue weighted by Crippen LogP contribution is 2.38. The van der Waals surface area contributed by atoms with Crippen LogP contribution < -0.4 is 29.1 Å². The van der Waals surface area contributed by atoms with Gasteiger partial charge >= 0.3 is 5.97 Å². The molecular formula is C31H31ClN2O6S. The van der Waals surface area contributed by atoms with Crippen molar-refractivity contribution >= 4 is 35.0 Å². The second-order valence-electron chi connectivity index (χ2n) is 9.26. The summed E-state index contributed by atoms with van der Waals surface area (Å²) in [6.07, 6.45) is 6.92. The summed E-state index contributed by atoms with van der Waals surface area (Å²) in [5, 5.41) is 0.295. The average molecular weight is 595 g/mol. The maximum atomic E-state index is 14.0. The van der Waals surface area contributed by atoms with Crippen molar-refractivity contribution in [3.8, 4) is 29.6 Å². The summed E-state index contributed by atoms with van der Waals surface area (Å²) in [4.78, 5) is 32.3. The Bertz CT molecular complexity index is 1710. The first-order valence-corrected chi connectivity index (χ1v) is 14.4. The van der Waals surface area contributed by atoms with Crippen molar-refractivity contribution in [3.63, 3.8) is 0 Å². The van der Waals surface area contributed by atoms with Crippen molar-refractivity contribution in [3.05, 3.63) is 83.5 Å². The molecule has 0 N–H and O–H groups in total. The van der Waals surface area contributed by atoms with E-state index < -0.39 is 12.0 Å². The van der Waals surface area contributed by atoms with Gasteiger partial charge in [0.15, 0.2) is 16.3 Å². The summed E-state index contributed by atoms with van der Waals surface area (Å²) in [7, 11) is 0. The number of para-hydroxylation sites is 1. The van der Waals surface area contributed by atoms with Crippen LogP contribution in [0.2, 0.25) is 5.02 Å². The van der Waals surface area contributed by atoms with Gasteiger partial charge in [-0.05, 0) is 64.5 Å². The SMILES string of the molecule is C#CCOc1c(Cl)cc(/C=c2/sc3n(c2=O)[C@H](c2ccccc2OC(C)C)C(C(=O)OCC)=C(C)N=3)cc1OCC. The number of benzene rings is 2. The molecule has 0 saturated carbocycles. The first kappa shape index (κ1) is 30.0. The zero-order chi connectivity index (χ0) is 29.7. The lowest BCUT2D eigenvalue weighted by Gasteiger charge is -2.26. The van der Waals surface area contributed by atoms with E-state index >= 15 is 0 Å². The molecule has 3 aromatic rings. The fourth-order valence-electron chi connectivity index (χ4n) is 4.49. The number of carbonyl (C=O) groups is 1. The van der Waals surface area contributed by atoms with Crippen molar-refractivity contribution in [1.82, 2.24) is 4.57 Å². The van der Waals surface area contributed by atoms with Crippen molar-refractivity contribution in [2.75, 3.05) is 19.8 Å². The number of fused-ring (bicyclic) bond motifs is 1. The van der Waals surface area contributed by atoms with Crippen molar-refractivity contribution < 1.29 is 23.7 Å². The maximum absolute atomic E-state index is 14.0. The summed E-state index contributed by atoms with van der Waals surface area (Å²) in [5.74, 6) is 3.18. The Morgan fingerprint density at radius 2 is 1.95 bits per heavy atom. The zero-order valence-corrected chi connectivity index (χ0v) is 25.1. The standard InChI is InChI=1S/C31H31ClN2O6S/c1-7-14-39-28-22(32)15-20(16-24(28)37-8-2)17-25-29(35)34-27(21-12-10-11-13-23(21)40-18(4)5)26(30(36)38-9-3)19(6)33-31(34)41-25/h1,10-13,15-18,27H,8-9,14H2,2-6H3/b25-17+/t27-/m1/s1. The summed E-state index contributed by atoms with van der Waals surface area (Å²) in [5.41, 5.74) is 1.70. The molecule has 0 amide bonds. The fraction of sp³-hybridized carbons (Fsp3) is 0.323. The van der Waals surface area contributed by atoms with E-state index in [1.54, 1.807) is 32.1 Å². The van der Waals surface area contributed by atoms with Gasteiger partial charge in [0, 0.05) is 5.56 Å². The Hall–Kier alpha value is -4.00. The van der Waals surface area contributed by atoms with Crippen LogP contribution in [0.15, 0.2) is 57.5 Å². The Morgan fingerprint density at radius 3 is 2.63 bits per heavy atom. The second kappa shape index (κ2) is 13.1. The van der Waals surface area contributed by atoms with Crippen molar-refractivity contribution in [2.45, 2.75) is 46.8 Å². The lowest BCUT2D eigenvalue weighted by molar-refractivity contribution is -0.139. The molecule has 0 saturated heterocycles. The van der Waals surface area contributed by atoms with Crippen LogP contribution in [0.25, 0.3) is 6.08 Å². The van der Waals surface area contributed by atoms with Gasteiger partial charge in [0.05, 0.1) is 40.1 Å². The first-order chi connectivity index (χ1) is 19.7. The Labute approximate surface area is 247 Å². The van der Waals surface area contributed by atoms with E-state index in [-0.39, 0.29) is 30.5 Å². The normalized spacial score (nSPS) is 14.8. The minimum absolute atomic E-state index is 0.0297. The molecule has 41 heavy (non-hydrogen) atoms. The molecule has 0 bridgehead atoms. The average Bonchev–Trinajstić information content (AvgIpc) is 3.22. The summed E-state index contributed by atoms with van der Waals surface area (Å²) < 4.78 is 24.7. The van der Waals surface area contributed by atoms with E-state index in [9.17, 15) is 9.59 Å². The number of hydrogen-bond acceptors (Lipinski definition) is 8. The number of carbonyl (C=O) groups excluding carboxylic acids is 1. The molecule has 0 unspecified atom stereocenters. The van der Waals surface area contributed by atoms with Crippen molar-refractivity contribution in [2.24, 2.45) is 4.99 Å². The number of halogens is 1. The van der Waals surface area contributed by atoms with E-state index in [1.165, 1.54) is 15.9 Å². The quantitative estimate of drug-likeness (QED) is 0.251. The van der Waals surface area contributed by atoms with Gasteiger partial charge in [-0.25, -0.2) is 9.79 Å². The summed E-state index contributed by atoms with van der Waals surface area (Å²) >= 11 is 7.72. The van der Waals surface area contributed by atoms with Gasteiger partial charge in [-0.15, -0.1) is 6.42 Å². The van der Waals surface area contributed by atoms with Gasteiger partial charge in [0.25, 0.3) is 5.56 Å². The number of thiazole rings is 1. The van der Waals surface area contributed by atoms with Gasteiger partial charge in [-0.2, -0.15) is 0 Å². The number of rotatable bonds is 10. The highest BCUT2D eigenvalue weighted by atomic mass is 35.5. The molecule has 8 nitrogen and oxygen atoms in total. The zero-order valence-electron chi connectivity index (χ0n) is 23.5. The van der Waals surface area contributed by atoms with Crippen LogP contribution >= 0.6 is 22.9 Å². The van der Waals surface area contributed by atoms with Crippen LogP contribution in [0, 0.1) is 12.3 Å². The van der Waals surface area contributed by atoms with Crippen LogP contribution in [-0.2, 0) is 9.53 Å². The molecule has 2 aromatic carbocycles. The number of ether oxygens (including phenoxy) is 4. The number of terminal acetylenes is 1. The second-order valence-corrected chi connectivity index (χ2v) is 10.7. The van der Waals surface area contributed by atoms with Crippen LogP contribution in [0.5, 0.6) is 17.2 Å². The number of nitrogens with zero attached hydrogens (tertiary/aromatic N) is 2. The van der Waals surface area contributed by atoms with E-state index in [4.69, 9.17) is 37.0 Å². The molecule has 0 aliphatic carbocycles. The largest absolute Gasteiger partial charge is 0.491 e. The Morgan fingerprint density at radius 1 is 1.20 bits per heavy atom. The topological polar surface area (TPSA) is 88.4 Å². The third kappa shape index (κ3) is 6.34. The number of allylic oxidation sites excluding steroid dienone is 1. The molecule has 1 atom stereocenters. The van der Waals surface area contributed by atoms with E-state index in [0.29, 0.717) is 55.0 Å². The summed E-state index contributed by atoms with van der Waals surface area (Å²) in [6.45, 7) is 9.74. The highest BCUT2D eigenvalue weighted by Gasteiger charge is 2.35. The Kier molecular flexibility index (Phi) is 9.58. The van der Waals surface area contributed by atoms with E-state index in [2.05, 4.69) is 10.9 Å². The molecule has 4 rings (SSSR count). The molecule has 1 aromatic heterocycles. The number of hydrogen-bond donors (Lipinski definition) is 0. The molecule has 1 aliphatic heterocycles. The molecule has 1 aliphatic rings. The predicted molar refractivity (Wildman–Crippen MR) is 160 cm³/mol. The molecule has 10 heteroatoms. The van der Waals surface area contributed by atoms with Gasteiger partial charge in [-0.3, -0.25) is 9.36 Å². The molecule has 0 spiro atoms. The van der Waals surface area contributed by atoms with Crippen molar-refractivity contribution in [1.29, 1.82) is 0 Å². The minimum Gasteiger partial charge on any atom is -0.491 e. The lowest BCUT2D eigenvalue weighted by Crippen LogP contribution is -2.40. The first-order valence-electron chi connectivity index (χ1n) is 13.2. The molecule has 0 fully saturated rings. The van der Waals surface area contributed by atoms with Crippen LogP contribution in [0.1, 0.15) is 51.8 Å². The summed E-state index contributed by atoms with van der Waals surface area (Å²) in [6, 6.07) is 9.97. The lowest BCUT2D eigenvalue weighted by atomic mass is 9.95. The van der Waals surface area contributed by atoms with Gasteiger partial charge in [0.2, 0.25) is 0 Å². The van der Waals surface area contributed by atoms with Gasteiger partial charge in [0.1, 0.15) is 18.4 Å². The monoisotopic (exact) mass is 594 g/mol. The molecular weight excluding hydrogens is 564 g/mol. The third-order valence-corrected chi connectivity index (χ3v) is 7.29. The molecule has 2 heterocycles. The van der Waals surface area contributed by atoms with Gasteiger partial charge in [-0.1, -0.05) is 47.1 Å². The fourth-order valence-corrected chi connectivity index (χ4v) is 5.81. The van der Waals surface area contributed by atoms with Crippen LogP contribution in [0.4, 0.5) is 0 Å². The molecule has 0 radical (unpaired) electrons. The third-order valence-electron chi connectivity index (χ3n) is 6.02.